The third kappa shape index (κ3) is 4.11. The minimum atomic E-state index is -4.48. The van der Waals surface area contributed by atoms with Crippen LogP contribution in [-0.2, 0) is 17.4 Å². The van der Waals surface area contributed by atoms with E-state index in [9.17, 15) is 18.0 Å². The van der Waals surface area contributed by atoms with E-state index in [0.717, 1.165) is 23.2 Å². The van der Waals surface area contributed by atoms with Gasteiger partial charge in [-0.2, -0.15) is 23.3 Å². The van der Waals surface area contributed by atoms with Gasteiger partial charge in [-0.1, -0.05) is 11.6 Å². The molecule has 0 aliphatic carbocycles. The van der Waals surface area contributed by atoms with Crippen molar-refractivity contribution in [2.45, 2.75) is 25.6 Å². The average Bonchev–Trinajstić information content (AvgIpc) is 3.18. The van der Waals surface area contributed by atoms with Gasteiger partial charge in [0.1, 0.15) is 11.2 Å². The van der Waals surface area contributed by atoms with Crippen molar-refractivity contribution in [3.8, 4) is 5.75 Å². The maximum Gasteiger partial charge on any atom is 0.416 e. The molecular weight excluding hydrogens is 529 g/mol. The zero-order valence-electron chi connectivity index (χ0n) is 21.4. The number of anilines is 3. The molecular formula is C29H26ClF3N4O2. The van der Waals surface area contributed by atoms with E-state index in [1.807, 2.05) is 24.3 Å². The SMILES string of the molecule is COc1ccc(N2CCN3c4ccc(C(F)(F)F)cc4CC4(C(=O)N(c5ccc(Cl)cc5)N=C4C)C3C2)cc1. The van der Waals surface area contributed by atoms with E-state index in [0.29, 0.717) is 41.6 Å². The highest BCUT2D eigenvalue weighted by molar-refractivity contribution is 6.30. The zero-order chi connectivity index (χ0) is 27.5. The first-order chi connectivity index (χ1) is 18.6. The fourth-order valence-electron chi connectivity index (χ4n) is 6.10. The predicted molar refractivity (Wildman–Crippen MR) is 146 cm³/mol. The Morgan fingerprint density at radius 3 is 2.36 bits per heavy atom. The van der Waals surface area contributed by atoms with E-state index >= 15 is 0 Å². The van der Waals surface area contributed by atoms with Crippen molar-refractivity contribution in [1.29, 1.82) is 0 Å². The van der Waals surface area contributed by atoms with Gasteiger partial charge < -0.3 is 14.5 Å². The topological polar surface area (TPSA) is 48.4 Å². The van der Waals surface area contributed by atoms with Crippen LogP contribution >= 0.6 is 11.6 Å². The Balaban J connectivity index is 1.45. The Morgan fingerprint density at radius 1 is 1.00 bits per heavy atom. The molecule has 202 valence electrons. The molecule has 0 N–H and O–H groups in total. The molecule has 3 aliphatic heterocycles. The minimum Gasteiger partial charge on any atom is -0.497 e. The van der Waals surface area contributed by atoms with E-state index in [-0.39, 0.29) is 18.4 Å². The highest BCUT2D eigenvalue weighted by Gasteiger charge is 2.60. The molecule has 2 unspecified atom stereocenters. The van der Waals surface area contributed by atoms with Crippen LogP contribution in [0.15, 0.2) is 71.8 Å². The third-order valence-corrected chi connectivity index (χ3v) is 8.37. The summed E-state index contributed by atoms with van der Waals surface area (Å²) in [6.45, 7) is 3.49. The lowest BCUT2D eigenvalue weighted by Crippen LogP contribution is -2.67. The lowest BCUT2D eigenvalue weighted by atomic mass is 9.67. The number of piperazine rings is 1. The molecule has 6 rings (SSSR count). The molecule has 1 fully saturated rings. The second kappa shape index (κ2) is 9.19. The minimum absolute atomic E-state index is 0.127. The summed E-state index contributed by atoms with van der Waals surface area (Å²) in [7, 11) is 1.61. The molecule has 0 aromatic heterocycles. The van der Waals surface area contributed by atoms with Gasteiger partial charge in [0.15, 0.2) is 0 Å². The third-order valence-electron chi connectivity index (χ3n) is 8.11. The molecule has 1 spiro atoms. The van der Waals surface area contributed by atoms with Gasteiger partial charge in [-0.25, -0.2) is 0 Å². The number of methoxy groups -OCH3 is 1. The van der Waals surface area contributed by atoms with E-state index in [4.69, 9.17) is 16.3 Å². The van der Waals surface area contributed by atoms with Gasteiger partial charge in [0.05, 0.1) is 30.1 Å². The number of carbonyl (C=O) groups excluding carboxylic acids is 1. The number of benzene rings is 3. The molecule has 2 atom stereocenters. The first kappa shape index (κ1) is 25.6. The quantitative estimate of drug-likeness (QED) is 0.397. The number of alkyl halides is 3. The summed E-state index contributed by atoms with van der Waals surface area (Å²) in [5.41, 5.74) is 1.50. The number of fused-ring (bicyclic) bond motifs is 4. The van der Waals surface area contributed by atoms with Gasteiger partial charge in [-0.15, -0.1) is 0 Å². The first-order valence-electron chi connectivity index (χ1n) is 12.6. The Hall–Kier alpha value is -3.72. The predicted octanol–water partition coefficient (Wildman–Crippen LogP) is 6.03. The number of ether oxygens (including phenoxy) is 1. The summed E-state index contributed by atoms with van der Waals surface area (Å²) in [4.78, 5) is 18.7. The highest BCUT2D eigenvalue weighted by Crippen LogP contribution is 2.49. The standard InChI is InChI=1S/C29H26ClF3N4O2/c1-18-28(27(38)37(34-18)23-6-4-21(30)5-7-23)16-19-15-20(29(31,32)33)3-12-25(19)36-14-13-35(17-26(28)36)22-8-10-24(39-2)11-9-22/h3-12,15,26H,13-14,16-17H2,1-2H3. The molecule has 6 nitrogen and oxygen atoms in total. The van der Waals surface area contributed by atoms with Crippen molar-refractivity contribution in [3.63, 3.8) is 0 Å². The largest absolute Gasteiger partial charge is 0.497 e. The average molecular weight is 555 g/mol. The van der Waals surface area contributed by atoms with Crippen LogP contribution in [0.4, 0.5) is 30.2 Å². The number of rotatable bonds is 3. The van der Waals surface area contributed by atoms with Crippen LogP contribution in [0.5, 0.6) is 5.75 Å². The van der Waals surface area contributed by atoms with Crippen LogP contribution in [0.3, 0.4) is 0 Å². The summed E-state index contributed by atoms with van der Waals surface area (Å²) in [6.07, 6.45) is -4.35. The molecule has 10 heteroatoms. The van der Waals surface area contributed by atoms with Gasteiger partial charge in [0.25, 0.3) is 5.91 Å². The van der Waals surface area contributed by atoms with Gasteiger partial charge in [0.2, 0.25) is 0 Å². The molecule has 3 aliphatic rings. The lowest BCUT2D eigenvalue weighted by Gasteiger charge is -2.53. The van der Waals surface area contributed by atoms with Gasteiger partial charge in [-0.3, -0.25) is 4.79 Å². The summed E-state index contributed by atoms with van der Waals surface area (Å²) in [5.74, 6) is 0.491. The Labute approximate surface area is 229 Å². The van der Waals surface area contributed by atoms with Crippen LogP contribution in [0.2, 0.25) is 5.02 Å². The van der Waals surface area contributed by atoms with Gasteiger partial charge in [-0.05, 0) is 85.6 Å². The van der Waals surface area contributed by atoms with E-state index in [1.54, 1.807) is 44.4 Å². The molecule has 0 saturated carbocycles. The Morgan fingerprint density at radius 2 is 1.69 bits per heavy atom. The number of halogens is 4. The molecule has 3 aromatic rings. The monoisotopic (exact) mass is 554 g/mol. The summed E-state index contributed by atoms with van der Waals surface area (Å²) in [6, 6.07) is 18.1. The smallest absolute Gasteiger partial charge is 0.416 e. The van der Waals surface area contributed by atoms with Crippen molar-refractivity contribution in [3.05, 3.63) is 82.9 Å². The number of nitrogens with zero attached hydrogens (tertiary/aromatic N) is 4. The van der Waals surface area contributed by atoms with Crippen molar-refractivity contribution in [2.24, 2.45) is 10.5 Å². The van der Waals surface area contributed by atoms with Crippen molar-refractivity contribution >= 4 is 40.3 Å². The van der Waals surface area contributed by atoms with Crippen molar-refractivity contribution < 1.29 is 22.7 Å². The number of hydrogen-bond acceptors (Lipinski definition) is 5. The Bertz CT molecular complexity index is 1460. The maximum atomic E-state index is 14.3. The van der Waals surface area contributed by atoms with Crippen LogP contribution in [-0.4, -0.2) is 44.4 Å². The molecule has 1 amide bonds. The first-order valence-corrected chi connectivity index (χ1v) is 13.0. The zero-order valence-corrected chi connectivity index (χ0v) is 22.1. The van der Waals surface area contributed by atoms with E-state index in [2.05, 4.69) is 14.9 Å². The molecule has 0 radical (unpaired) electrons. The van der Waals surface area contributed by atoms with Crippen molar-refractivity contribution in [2.75, 3.05) is 41.6 Å². The fourth-order valence-corrected chi connectivity index (χ4v) is 6.22. The lowest BCUT2D eigenvalue weighted by molar-refractivity contribution is -0.137. The van der Waals surface area contributed by atoms with Crippen molar-refractivity contribution in [1.82, 2.24) is 0 Å². The van der Waals surface area contributed by atoms with Crippen LogP contribution in [0.1, 0.15) is 18.1 Å². The second-order valence-electron chi connectivity index (χ2n) is 10.1. The summed E-state index contributed by atoms with van der Waals surface area (Å²) >= 11 is 6.07. The molecule has 3 heterocycles. The van der Waals surface area contributed by atoms with Gasteiger partial charge >= 0.3 is 6.18 Å². The fraction of sp³-hybridized carbons (Fsp3) is 0.310. The highest BCUT2D eigenvalue weighted by atomic mass is 35.5. The van der Waals surface area contributed by atoms with Crippen LogP contribution in [0.25, 0.3) is 0 Å². The number of hydrazone groups is 1. The number of carbonyl (C=O) groups is 1. The summed E-state index contributed by atoms with van der Waals surface area (Å²) in [5, 5.41) is 6.57. The molecule has 39 heavy (non-hydrogen) atoms. The molecule has 3 aromatic carbocycles. The number of amides is 1. The molecule has 1 saturated heterocycles. The summed E-state index contributed by atoms with van der Waals surface area (Å²) < 4.78 is 46.3. The Kier molecular flexibility index (Phi) is 6.02. The maximum absolute atomic E-state index is 14.3. The van der Waals surface area contributed by atoms with E-state index in [1.165, 1.54) is 11.1 Å². The normalized spacial score (nSPS) is 22.6. The second-order valence-corrected chi connectivity index (χ2v) is 10.6. The van der Waals surface area contributed by atoms with E-state index < -0.39 is 17.2 Å². The van der Waals surface area contributed by atoms with Gasteiger partial charge in [0, 0.05) is 36.0 Å². The number of hydrogen-bond donors (Lipinski definition) is 0. The van der Waals surface area contributed by atoms with Crippen LogP contribution < -0.4 is 19.5 Å². The van der Waals surface area contributed by atoms with Crippen LogP contribution in [0, 0.1) is 5.41 Å². The molecule has 0 bridgehead atoms.